The van der Waals surface area contributed by atoms with Gasteiger partial charge in [-0.25, -0.2) is 34.4 Å². The topological polar surface area (TPSA) is 185 Å². The standard InChI is InChI=1S/C18H25N3O8S3/c1-30(24,25)18(11-19,31(2,26)27)15-13-9-12(5-6-14(13)20-16(15)17(22)23)10-32(28,29)21-7-3-4-8-21/h5-6,9,20H,3-4,7-8,10-11,19H2,1-2H3,(H,22,23). The second-order valence-electron chi connectivity index (χ2n) is 7.92. The fourth-order valence-corrected chi connectivity index (χ4v) is 9.77. The van der Waals surface area contributed by atoms with Crippen molar-refractivity contribution in [2.75, 3.05) is 32.1 Å². The van der Waals surface area contributed by atoms with Gasteiger partial charge in [-0.1, -0.05) is 6.07 Å². The molecule has 2 heterocycles. The Labute approximate surface area is 186 Å². The molecule has 1 aromatic heterocycles. The van der Waals surface area contributed by atoms with Crippen molar-refractivity contribution in [2.24, 2.45) is 5.73 Å². The highest BCUT2D eigenvalue weighted by Crippen LogP contribution is 2.41. The fraction of sp³-hybridized carbons (Fsp3) is 0.500. The van der Waals surface area contributed by atoms with Crippen molar-refractivity contribution in [3.8, 4) is 0 Å². The highest BCUT2D eigenvalue weighted by molar-refractivity contribution is 8.09. The molecule has 0 unspecified atom stereocenters. The Bertz CT molecular complexity index is 1350. The van der Waals surface area contributed by atoms with Crippen molar-refractivity contribution in [3.63, 3.8) is 0 Å². The summed E-state index contributed by atoms with van der Waals surface area (Å²) in [6, 6.07) is 4.17. The molecule has 0 amide bonds. The highest BCUT2D eigenvalue weighted by Gasteiger charge is 2.54. The van der Waals surface area contributed by atoms with Gasteiger partial charge >= 0.3 is 5.97 Å². The zero-order valence-corrected chi connectivity index (χ0v) is 20.0. The van der Waals surface area contributed by atoms with E-state index in [1.807, 2.05) is 0 Å². The van der Waals surface area contributed by atoms with Gasteiger partial charge in [-0.15, -0.1) is 0 Å². The van der Waals surface area contributed by atoms with Gasteiger partial charge in [0, 0.05) is 48.6 Å². The molecule has 1 aromatic carbocycles. The van der Waals surface area contributed by atoms with E-state index in [1.165, 1.54) is 22.5 Å². The lowest BCUT2D eigenvalue weighted by Gasteiger charge is -2.29. The minimum absolute atomic E-state index is 0.0298. The number of aromatic nitrogens is 1. The van der Waals surface area contributed by atoms with E-state index >= 15 is 0 Å². The van der Waals surface area contributed by atoms with Crippen molar-refractivity contribution in [1.82, 2.24) is 9.29 Å². The van der Waals surface area contributed by atoms with E-state index in [1.54, 1.807) is 0 Å². The first kappa shape index (κ1) is 24.6. The molecule has 3 rings (SSSR count). The molecule has 1 aliphatic rings. The number of carboxylic acids is 1. The van der Waals surface area contributed by atoms with Gasteiger partial charge in [0.15, 0.2) is 19.7 Å². The van der Waals surface area contributed by atoms with Gasteiger partial charge in [-0.2, -0.15) is 0 Å². The van der Waals surface area contributed by atoms with Crippen LogP contribution in [-0.4, -0.2) is 77.8 Å². The summed E-state index contributed by atoms with van der Waals surface area (Å²) in [5.41, 5.74) is 4.93. The molecule has 1 fully saturated rings. The third kappa shape index (κ3) is 3.94. The van der Waals surface area contributed by atoms with Gasteiger partial charge in [-0.3, -0.25) is 0 Å². The minimum Gasteiger partial charge on any atom is -0.477 e. The number of sulfonamides is 1. The quantitative estimate of drug-likeness (QED) is 0.442. The monoisotopic (exact) mass is 507 g/mol. The molecular weight excluding hydrogens is 482 g/mol. The van der Waals surface area contributed by atoms with Crippen LogP contribution >= 0.6 is 0 Å². The van der Waals surface area contributed by atoms with E-state index in [-0.39, 0.29) is 16.5 Å². The van der Waals surface area contributed by atoms with Gasteiger partial charge in [0.1, 0.15) is 5.69 Å². The van der Waals surface area contributed by atoms with Gasteiger partial charge in [0.25, 0.3) is 0 Å². The molecule has 0 atom stereocenters. The molecule has 14 heteroatoms. The van der Waals surface area contributed by atoms with Crippen LogP contribution in [0.1, 0.15) is 34.5 Å². The number of carboxylic acid groups (broad SMARTS) is 1. The van der Waals surface area contributed by atoms with Crippen molar-refractivity contribution in [2.45, 2.75) is 22.7 Å². The Morgan fingerprint density at radius 2 is 1.66 bits per heavy atom. The number of aromatic amines is 1. The van der Waals surface area contributed by atoms with Crippen LogP contribution in [-0.2, 0) is 39.5 Å². The molecule has 11 nitrogen and oxygen atoms in total. The normalized spacial score (nSPS) is 16.6. The summed E-state index contributed by atoms with van der Waals surface area (Å²) in [5, 5.41) is 9.66. The van der Waals surface area contributed by atoms with Crippen molar-refractivity contribution in [1.29, 1.82) is 0 Å². The van der Waals surface area contributed by atoms with Gasteiger partial charge in [0.05, 0.1) is 5.75 Å². The van der Waals surface area contributed by atoms with Crippen LogP contribution < -0.4 is 5.73 Å². The minimum atomic E-state index is -4.49. The number of nitrogens with one attached hydrogen (secondary N) is 1. The first-order valence-electron chi connectivity index (χ1n) is 9.61. The van der Waals surface area contributed by atoms with E-state index in [4.69, 9.17) is 5.73 Å². The van der Waals surface area contributed by atoms with Crippen molar-refractivity contribution < 1.29 is 35.2 Å². The smallest absolute Gasteiger partial charge is 0.352 e. The van der Waals surface area contributed by atoms with Gasteiger partial charge in [0.2, 0.25) is 14.1 Å². The second kappa shape index (κ2) is 8.09. The fourth-order valence-electron chi connectivity index (χ4n) is 4.20. The zero-order chi connectivity index (χ0) is 24.1. The summed E-state index contributed by atoms with van der Waals surface area (Å²) >= 11 is 0. The third-order valence-corrected chi connectivity index (χ3v) is 12.5. The average molecular weight is 508 g/mol. The lowest BCUT2D eigenvalue weighted by atomic mass is 10.0. The lowest BCUT2D eigenvalue weighted by molar-refractivity contribution is 0.0690. The molecule has 0 aliphatic carbocycles. The summed E-state index contributed by atoms with van der Waals surface area (Å²) < 4.78 is 75.1. The van der Waals surface area contributed by atoms with E-state index in [9.17, 15) is 35.2 Å². The highest BCUT2D eigenvalue weighted by atomic mass is 32.3. The molecular formula is C18H25N3O8S3. The van der Waals surface area contributed by atoms with Crippen LogP contribution in [0.4, 0.5) is 0 Å². The van der Waals surface area contributed by atoms with Crippen molar-refractivity contribution in [3.05, 3.63) is 35.0 Å². The number of benzene rings is 1. The summed E-state index contributed by atoms with van der Waals surface area (Å²) in [6.45, 7) is -0.114. The second-order valence-corrected chi connectivity index (χ2v) is 14.6. The number of nitrogens with two attached hydrogens (primary N) is 1. The Morgan fingerprint density at radius 1 is 1.09 bits per heavy atom. The lowest BCUT2D eigenvalue weighted by Crippen LogP contribution is -2.49. The number of rotatable bonds is 8. The van der Waals surface area contributed by atoms with Crippen LogP contribution in [0.5, 0.6) is 0 Å². The van der Waals surface area contributed by atoms with E-state index in [2.05, 4.69) is 4.98 Å². The molecule has 178 valence electrons. The molecule has 0 spiro atoms. The maximum Gasteiger partial charge on any atom is 0.352 e. The average Bonchev–Trinajstić information content (AvgIpc) is 3.29. The Kier molecular flexibility index (Phi) is 6.23. The van der Waals surface area contributed by atoms with Crippen LogP contribution in [0.25, 0.3) is 10.9 Å². The zero-order valence-electron chi connectivity index (χ0n) is 17.5. The molecule has 0 radical (unpaired) electrons. The van der Waals surface area contributed by atoms with E-state index < -0.39 is 63.3 Å². The number of H-pyrrole nitrogens is 1. The van der Waals surface area contributed by atoms with E-state index in [0.717, 1.165) is 12.8 Å². The largest absolute Gasteiger partial charge is 0.477 e. The number of hydrogen-bond donors (Lipinski definition) is 3. The van der Waals surface area contributed by atoms with Gasteiger partial charge in [-0.05, 0) is 30.5 Å². The molecule has 1 saturated heterocycles. The molecule has 0 saturated carbocycles. The van der Waals surface area contributed by atoms with Crippen LogP contribution in [0.2, 0.25) is 0 Å². The van der Waals surface area contributed by atoms with Crippen LogP contribution in [0.15, 0.2) is 18.2 Å². The molecule has 0 bridgehead atoms. The number of fused-ring (bicyclic) bond motifs is 1. The molecule has 32 heavy (non-hydrogen) atoms. The first-order chi connectivity index (χ1) is 14.7. The molecule has 2 aromatic rings. The Morgan fingerprint density at radius 3 is 2.12 bits per heavy atom. The van der Waals surface area contributed by atoms with E-state index in [0.29, 0.717) is 25.6 Å². The number of carbonyl (C=O) groups is 1. The molecule has 4 N–H and O–H groups in total. The number of hydrogen-bond acceptors (Lipinski definition) is 8. The predicted molar refractivity (Wildman–Crippen MR) is 119 cm³/mol. The number of aromatic carboxylic acids is 1. The summed E-state index contributed by atoms with van der Waals surface area (Å²) in [4.78, 5) is 14.5. The third-order valence-electron chi connectivity index (χ3n) is 5.73. The molecule has 1 aliphatic heterocycles. The summed E-state index contributed by atoms with van der Waals surface area (Å²) in [6.07, 6.45) is 2.86. The Balaban J connectivity index is 2.33. The SMILES string of the molecule is CS(=O)(=O)C(CN)(c1c(C(=O)O)[nH]c2ccc(CS(=O)(=O)N3CCCC3)cc12)S(C)(=O)=O. The Hall–Kier alpha value is -2.00. The maximum absolute atomic E-state index is 12.8. The van der Waals surface area contributed by atoms with Crippen molar-refractivity contribution >= 4 is 46.6 Å². The van der Waals surface area contributed by atoms with Crippen LogP contribution in [0.3, 0.4) is 0 Å². The van der Waals surface area contributed by atoms with Crippen LogP contribution in [0, 0.1) is 0 Å². The number of sulfone groups is 2. The predicted octanol–water partition coefficient (Wildman–Crippen LogP) is -0.00760. The number of nitrogens with zero attached hydrogens (tertiary/aromatic N) is 1. The maximum atomic E-state index is 12.8. The van der Waals surface area contributed by atoms with Gasteiger partial charge < -0.3 is 15.8 Å². The summed E-state index contributed by atoms with van der Waals surface area (Å²) in [7, 11) is -12.6. The summed E-state index contributed by atoms with van der Waals surface area (Å²) in [5.74, 6) is -1.98. The first-order valence-corrected chi connectivity index (χ1v) is 15.0.